The van der Waals surface area contributed by atoms with Crippen molar-refractivity contribution in [1.82, 2.24) is 15.5 Å². The maximum Gasteiger partial charge on any atom is 0.325 e. The van der Waals surface area contributed by atoms with E-state index in [1.807, 2.05) is 13.8 Å². The molecule has 0 bridgehead atoms. The number of carbonyl (C=O) groups is 4. The Balaban J connectivity index is 2.13. The van der Waals surface area contributed by atoms with E-state index in [0.717, 1.165) is 9.37 Å². The van der Waals surface area contributed by atoms with Crippen molar-refractivity contribution in [3.05, 3.63) is 34.3 Å². The molecule has 1 fully saturated rings. The number of hydrogen-bond donors (Lipinski definition) is 2. The quantitative estimate of drug-likeness (QED) is 0.463. The minimum atomic E-state index is -0.964. The van der Waals surface area contributed by atoms with Crippen molar-refractivity contribution < 1.29 is 23.9 Å². The molecule has 1 atom stereocenters. The van der Waals surface area contributed by atoms with Crippen LogP contribution in [-0.2, 0) is 19.1 Å². The molecule has 0 aromatic heterocycles. The first kappa shape index (κ1) is 21.9. The molecule has 0 spiro atoms. The minimum Gasteiger partial charge on any atom is -0.469 e. The molecule has 1 unspecified atom stereocenters. The van der Waals surface area contributed by atoms with Crippen LogP contribution in [0.25, 0.3) is 0 Å². The first-order chi connectivity index (χ1) is 13.3. The van der Waals surface area contributed by atoms with E-state index in [-0.39, 0.29) is 6.42 Å². The van der Waals surface area contributed by atoms with Gasteiger partial charge >= 0.3 is 12.0 Å². The first-order valence-corrected chi connectivity index (χ1v) is 9.81. The van der Waals surface area contributed by atoms with E-state index in [0.29, 0.717) is 18.4 Å². The van der Waals surface area contributed by atoms with Gasteiger partial charge in [0.1, 0.15) is 12.1 Å². The number of ether oxygens (including phenoxy) is 1. The van der Waals surface area contributed by atoms with Gasteiger partial charge in [0.25, 0.3) is 5.91 Å². The Morgan fingerprint density at radius 3 is 2.32 bits per heavy atom. The SMILES string of the molecule is CCC1(CC)NC(=O)N(CC(=O)NC(CC(=O)OC)c2ccc(Br)cc2)C1=O. The third-order valence-electron chi connectivity index (χ3n) is 4.96. The van der Waals surface area contributed by atoms with Gasteiger partial charge in [-0.1, -0.05) is 41.9 Å². The van der Waals surface area contributed by atoms with Crippen LogP contribution < -0.4 is 10.6 Å². The average molecular weight is 454 g/mol. The number of benzene rings is 1. The van der Waals surface area contributed by atoms with Gasteiger partial charge in [0, 0.05) is 4.47 Å². The summed E-state index contributed by atoms with van der Waals surface area (Å²) in [4.78, 5) is 50.1. The summed E-state index contributed by atoms with van der Waals surface area (Å²) in [6, 6.07) is 5.89. The summed E-state index contributed by atoms with van der Waals surface area (Å²) in [6.07, 6.45) is 0.809. The molecule has 28 heavy (non-hydrogen) atoms. The van der Waals surface area contributed by atoms with Crippen molar-refractivity contribution >= 4 is 39.7 Å². The largest absolute Gasteiger partial charge is 0.469 e. The number of methoxy groups -OCH3 is 1. The van der Waals surface area contributed by atoms with Gasteiger partial charge < -0.3 is 15.4 Å². The number of hydrogen-bond acceptors (Lipinski definition) is 5. The maximum absolute atomic E-state index is 12.6. The molecule has 2 rings (SSSR count). The molecule has 1 aromatic rings. The summed E-state index contributed by atoms with van der Waals surface area (Å²) in [5.74, 6) is -1.44. The number of rotatable bonds is 8. The number of urea groups is 1. The number of nitrogens with zero attached hydrogens (tertiary/aromatic N) is 1. The summed E-state index contributed by atoms with van der Waals surface area (Å²) in [6.45, 7) is 3.21. The Hall–Kier alpha value is -2.42. The zero-order valence-corrected chi connectivity index (χ0v) is 17.7. The van der Waals surface area contributed by atoms with E-state index in [9.17, 15) is 19.2 Å². The van der Waals surface area contributed by atoms with Crippen LogP contribution >= 0.6 is 15.9 Å². The fourth-order valence-electron chi connectivity index (χ4n) is 3.13. The van der Waals surface area contributed by atoms with Crippen molar-refractivity contribution in [2.45, 2.75) is 44.7 Å². The highest BCUT2D eigenvalue weighted by atomic mass is 79.9. The smallest absolute Gasteiger partial charge is 0.325 e. The normalized spacial score (nSPS) is 16.5. The van der Waals surface area contributed by atoms with E-state index in [2.05, 4.69) is 26.6 Å². The number of halogens is 1. The van der Waals surface area contributed by atoms with E-state index in [1.54, 1.807) is 24.3 Å². The van der Waals surface area contributed by atoms with Gasteiger partial charge in [0.15, 0.2) is 0 Å². The Labute approximate surface area is 172 Å². The lowest BCUT2D eigenvalue weighted by Crippen LogP contribution is -2.47. The van der Waals surface area contributed by atoms with Gasteiger partial charge in [-0.3, -0.25) is 19.3 Å². The molecular weight excluding hydrogens is 430 g/mol. The summed E-state index contributed by atoms with van der Waals surface area (Å²) in [7, 11) is 1.27. The van der Waals surface area contributed by atoms with Crippen molar-refractivity contribution in [2.75, 3.05) is 13.7 Å². The van der Waals surface area contributed by atoms with Gasteiger partial charge in [0.2, 0.25) is 5.91 Å². The Morgan fingerprint density at radius 2 is 1.82 bits per heavy atom. The summed E-state index contributed by atoms with van der Waals surface area (Å²) in [5.41, 5.74) is -0.260. The van der Waals surface area contributed by atoms with Crippen LogP contribution in [0.4, 0.5) is 4.79 Å². The van der Waals surface area contributed by atoms with Crippen LogP contribution in [-0.4, -0.2) is 47.9 Å². The third kappa shape index (κ3) is 4.70. The Kier molecular flexibility index (Phi) is 7.17. The molecule has 8 nitrogen and oxygen atoms in total. The number of esters is 1. The Bertz CT molecular complexity index is 761. The highest BCUT2D eigenvalue weighted by Gasteiger charge is 2.49. The second-order valence-electron chi connectivity index (χ2n) is 6.56. The highest BCUT2D eigenvalue weighted by molar-refractivity contribution is 9.10. The minimum absolute atomic E-state index is 0.0716. The lowest BCUT2D eigenvalue weighted by molar-refractivity contribution is -0.141. The standard InChI is InChI=1S/C19H24BrN3O5/c1-4-19(5-2)17(26)23(18(27)22-19)11-15(24)21-14(10-16(25)28-3)12-6-8-13(20)9-7-12/h6-9,14H,4-5,10-11H2,1-3H3,(H,21,24)(H,22,27). The fraction of sp³-hybridized carbons (Fsp3) is 0.474. The molecular formula is C19H24BrN3O5. The lowest BCUT2D eigenvalue weighted by atomic mass is 9.93. The number of nitrogens with one attached hydrogen (secondary N) is 2. The summed E-state index contributed by atoms with van der Waals surface area (Å²) in [5, 5.41) is 5.40. The molecule has 1 aromatic carbocycles. The molecule has 152 valence electrons. The van der Waals surface area contributed by atoms with Gasteiger partial charge in [-0.2, -0.15) is 0 Å². The van der Waals surface area contributed by atoms with E-state index >= 15 is 0 Å². The van der Waals surface area contributed by atoms with Crippen molar-refractivity contribution in [3.8, 4) is 0 Å². The fourth-order valence-corrected chi connectivity index (χ4v) is 3.39. The van der Waals surface area contributed by atoms with Crippen molar-refractivity contribution in [3.63, 3.8) is 0 Å². The second kappa shape index (κ2) is 9.18. The average Bonchev–Trinajstić information content (AvgIpc) is 2.92. The molecule has 0 radical (unpaired) electrons. The highest BCUT2D eigenvalue weighted by Crippen LogP contribution is 2.25. The van der Waals surface area contributed by atoms with E-state index in [1.165, 1.54) is 7.11 Å². The maximum atomic E-state index is 12.6. The monoisotopic (exact) mass is 453 g/mol. The molecule has 9 heteroatoms. The molecule has 1 aliphatic rings. The molecule has 1 heterocycles. The van der Waals surface area contributed by atoms with Crippen LogP contribution in [0.1, 0.15) is 44.7 Å². The van der Waals surface area contributed by atoms with Crippen LogP contribution in [0.5, 0.6) is 0 Å². The van der Waals surface area contributed by atoms with Crippen LogP contribution in [0.15, 0.2) is 28.7 Å². The predicted octanol–water partition coefficient (Wildman–Crippen LogP) is 2.28. The number of amides is 4. The zero-order chi connectivity index (χ0) is 20.9. The number of imide groups is 1. The second-order valence-corrected chi connectivity index (χ2v) is 7.48. The third-order valence-corrected chi connectivity index (χ3v) is 5.49. The summed E-state index contributed by atoms with van der Waals surface area (Å²) < 4.78 is 5.56. The van der Waals surface area contributed by atoms with Gasteiger partial charge in [-0.05, 0) is 30.5 Å². The molecule has 2 N–H and O–H groups in total. The molecule has 0 aliphatic carbocycles. The van der Waals surface area contributed by atoms with Gasteiger partial charge in [-0.15, -0.1) is 0 Å². The van der Waals surface area contributed by atoms with Crippen molar-refractivity contribution in [2.24, 2.45) is 0 Å². The number of carbonyl (C=O) groups excluding carboxylic acids is 4. The van der Waals surface area contributed by atoms with Crippen LogP contribution in [0.3, 0.4) is 0 Å². The van der Waals surface area contributed by atoms with Gasteiger partial charge in [-0.25, -0.2) is 4.79 Å². The predicted molar refractivity (Wildman–Crippen MR) is 105 cm³/mol. The van der Waals surface area contributed by atoms with E-state index in [4.69, 9.17) is 4.74 Å². The molecule has 0 saturated carbocycles. The molecule has 4 amide bonds. The first-order valence-electron chi connectivity index (χ1n) is 9.02. The zero-order valence-electron chi connectivity index (χ0n) is 16.1. The van der Waals surface area contributed by atoms with Gasteiger partial charge in [0.05, 0.1) is 19.6 Å². The summed E-state index contributed by atoms with van der Waals surface area (Å²) >= 11 is 3.34. The lowest BCUT2D eigenvalue weighted by Gasteiger charge is -2.23. The van der Waals surface area contributed by atoms with Crippen molar-refractivity contribution in [1.29, 1.82) is 0 Å². The topological polar surface area (TPSA) is 105 Å². The molecule has 1 saturated heterocycles. The van der Waals surface area contributed by atoms with Crippen LogP contribution in [0, 0.1) is 0 Å². The molecule has 1 aliphatic heterocycles. The van der Waals surface area contributed by atoms with Crippen LogP contribution in [0.2, 0.25) is 0 Å². The Morgan fingerprint density at radius 1 is 1.21 bits per heavy atom. The van der Waals surface area contributed by atoms with E-state index < -0.39 is 41.9 Å².